The maximum absolute atomic E-state index is 13.1. The Morgan fingerprint density at radius 2 is 1.65 bits per heavy atom. The molecule has 0 heterocycles. The zero-order valence-corrected chi connectivity index (χ0v) is 14.0. The molecule has 0 radical (unpaired) electrons. The summed E-state index contributed by atoms with van der Waals surface area (Å²) in [6, 6.07) is 10.0. The Morgan fingerprint density at radius 3 is 2.05 bits per heavy atom. The fourth-order valence-corrected chi connectivity index (χ4v) is 3.99. The normalized spacial score (nSPS) is 15.3. The van der Waals surface area contributed by atoms with Crippen molar-refractivity contribution in [3.63, 3.8) is 0 Å². The minimum Gasteiger partial charge on any atom is -0.271 e. The second-order valence-corrected chi connectivity index (χ2v) is 8.30. The van der Waals surface area contributed by atoms with E-state index in [1.165, 1.54) is 0 Å². The molecule has 0 bridgehead atoms. The van der Waals surface area contributed by atoms with Gasteiger partial charge in [0.05, 0.1) is 0 Å². The van der Waals surface area contributed by atoms with Gasteiger partial charge in [-0.25, -0.2) is 14.4 Å². The second kappa shape index (κ2) is 7.19. The van der Waals surface area contributed by atoms with Crippen LogP contribution in [0.5, 0.6) is 0 Å². The predicted octanol–water partition coefficient (Wildman–Crippen LogP) is 3.37. The smallest absolute Gasteiger partial charge is 0.271 e. The molecule has 0 aliphatic carbocycles. The molecule has 0 spiro atoms. The molecule has 0 saturated heterocycles. The molecule has 2 unspecified atom stereocenters. The lowest BCUT2D eigenvalue weighted by Crippen LogP contribution is -2.35. The van der Waals surface area contributed by atoms with Crippen molar-refractivity contribution < 1.29 is 4.57 Å². The molecule has 0 fully saturated rings. The number of nitrogens with one attached hydrogen (secondary N) is 1. The summed E-state index contributed by atoms with van der Waals surface area (Å²) in [6.07, 6.45) is 1.89. The van der Waals surface area contributed by atoms with Crippen LogP contribution in [0.2, 0.25) is 0 Å². The van der Waals surface area contributed by atoms with Crippen molar-refractivity contribution in [3.8, 4) is 0 Å². The Bertz CT molecular complexity index is 461. The van der Waals surface area contributed by atoms with Crippen LogP contribution in [0.4, 0.5) is 0 Å². The van der Waals surface area contributed by atoms with Crippen LogP contribution in [0.3, 0.4) is 0 Å². The molecule has 0 saturated carbocycles. The summed E-state index contributed by atoms with van der Waals surface area (Å²) in [7, 11) is 4.53. The van der Waals surface area contributed by atoms with E-state index in [2.05, 4.69) is 18.6 Å². The third-order valence-electron chi connectivity index (χ3n) is 3.45. The van der Waals surface area contributed by atoms with E-state index in [1.807, 2.05) is 64.6 Å². The van der Waals surface area contributed by atoms with Gasteiger partial charge in [0, 0.05) is 6.04 Å². The molecule has 0 aromatic heterocycles. The zero-order chi connectivity index (χ0) is 15.3. The highest BCUT2D eigenvalue weighted by atomic mass is 31.2. The number of nitrogens with zero attached hydrogens (tertiary/aromatic N) is 2. The topological polar surface area (TPSA) is 35.6 Å². The van der Waals surface area contributed by atoms with E-state index in [0.717, 1.165) is 5.56 Å². The van der Waals surface area contributed by atoms with E-state index < -0.39 is 7.59 Å². The fraction of sp³-hybridized carbons (Fsp3) is 0.467. The molecule has 1 aromatic carbocycles. The minimum absolute atomic E-state index is 0.0377. The molecule has 4 nitrogen and oxygen atoms in total. The standard InChI is InChI=1S/C15H26N3OP/c1-7-13(2)15(14-11-9-8-10-12-14)16-20(19,17(3)4)18(5)6/h7-13,15H,1H2,2-6H3,(H,16,19). The summed E-state index contributed by atoms with van der Waals surface area (Å²) < 4.78 is 16.6. The molecule has 1 aromatic rings. The van der Waals surface area contributed by atoms with Gasteiger partial charge in [-0.1, -0.05) is 43.3 Å². The Morgan fingerprint density at radius 1 is 1.15 bits per heavy atom. The monoisotopic (exact) mass is 295 g/mol. The first-order valence-corrected chi connectivity index (χ1v) is 8.35. The molecule has 0 amide bonds. The predicted molar refractivity (Wildman–Crippen MR) is 86.7 cm³/mol. The van der Waals surface area contributed by atoms with E-state index in [1.54, 1.807) is 9.34 Å². The molecule has 20 heavy (non-hydrogen) atoms. The minimum atomic E-state index is -2.78. The number of benzene rings is 1. The van der Waals surface area contributed by atoms with E-state index >= 15 is 0 Å². The summed E-state index contributed by atoms with van der Waals surface area (Å²) in [5, 5.41) is 3.33. The number of rotatable bonds is 7. The number of hydrogen-bond acceptors (Lipinski definition) is 1. The molecule has 1 rings (SSSR count). The average Bonchev–Trinajstić information content (AvgIpc) is 2.44. The molecule has 2 atom stereocenters. The van der Waals surface area contributed by atoms with Gasteiger partial charge in [-0.3, -0.25) is 4.57 Å². The van der Waals surface area contributed by atoms with Crippen LogP contribution in [0, 0.1) is 5.92 Å². The van der Waals surface area contributed by atoms with Crippen molar-refractivity contribution in [1.29, 1.82) is 0 Å². The van der Waals surface area contributed by atoms with E-state index in [4.69, 9.17) is 0 Å². The van der Waals surface area contributed by atoms with Crippen molar-refractivity contribution in [2.75, 3.05) is 28.2 Å². The molecule has 112 valence electrons. The molecule has 1 N–H and O–H groups in total. The van der Waals surface area contributed by atoms with E-state index in [0.29, 0.717) is 0 Å². The summed E-state index contributed by atoms with van der Waals surface area (Å²) in [6.45, 7) is 5.95. The molecular formula is C15H26N3OP. The molecular weight excluding hydrogens is 269 g/mol. The van der Waals surface area contributed by atoms with Gasteiger partial charge in [0.25, 0.3) is 7.59 Å². The average molecular weight is 295 g/mol. The highest BCUT2D eigenvalue weighted by molar-refractivity contribution is 7.56. The van der Waals surface area contributed by atoms with Gasteiger partial charge >= 0.3 is 0 Å². The van der Waals surface area contributed by atoms with E-state index in [-0.39, 0.29) is 12.0 Å². The van der Waals surface area contributed by atoms with Gasteiger partial charge < -0.3 is 0 Å². The first kappa shape index (κ1) is 17.1. The van der Waals surface area contributed by atoms with Crippen molar-refractivity contribution in [3.05, 3.63) is 48.6 Å². The SMILES string of the molecule is C=CC(C)C(NP(=O)(N(C)C)N(C)C)c1ccccc1. The zero-order valence-electron chi connectivity index (χ0n) is 13.1. The Hall–Kier alpha value is -0.930. The quantitative estimate of drug-likeness (QED) is 0.618. The van der Waals surface area contributed by atoms with Crippen LogP contribution < -0.4 is 5.09 Å². The number of hydrogen-bond donors (Lipinski definition) is 1. The Labute approximate surface area is 123 Å². The fourth-order valence-electron chi connectivity index (χ4n) is 2.06. The van der Waals surface area contributed by atoms with Crippen LogP contribution >= 0.6 is 7.59 Å². The second-order valence-electron chi connectivity index (χ2n) is 5.35. The first-order chi connectivity index (χ1) is 9.32. The van der Waals surface area contributed by atoms with Crippen molar-refractivity contribution >= 4 is 7.59 Å². The summed E-state index contributed by atoms with van der Waals surface area (Å²) in [5.41, 5.74) is 1.11. The van der Waals surface area contributed by atoms with E-state index in [9.17, 15) is 4.57 Å². The van der Waals surface area contributed by atoms with Crippen LogP contribution in [0.1, 0.15) is 18.5 Å². The van der Waals surface area contributed by atoms with Gasteiger partial charge in [-0.15, -0.1) is 6.58 Å². The molecule has 5 heteroatoms. The van der Waals surface area contributed by atoms with Crippen molar-refractivity contribution in [1.82, 2.24) is 14.4 Å². The maximum Gasteiger partial charge on any atom is 0.283 e. The Kier molecular flexibility index (Phi) is 6.15. The molecule has 0 aliphatic rings. The lowest BCUT2D eigenvalue weighted by atomic mass is 9.96. The van der Waals surface area contributed by atoms with Gasteiger partial charge in [0.2, 0.25) is 0 Å². The van der Waals surface area contributed by atoms with Crippen LogP contribution in [0.25, 0.3) is 0 Å². The van der Waals surface area contributed by atoms with Gasteiger partial charge in [-0.2, -0.15) is 0 Å². The first-order valence-electron chi connectivity index (χ1n) is 6.74. The van der Waals surface area contributed by atoms with Crippen molar-refractivity contribution in [2.24, 2.45) is 5.92 Å². The maximum atomic E-state index is 13.1. The lowest BCUT2D eigenvalue weighted by Gasteiger charge is -2.36. The van der Waals surface area contributed by atoms with Gasteiger partial charge in [-0.05, 0) is 39.7 Å². The largest absolute Gasteiger partial charge is 0.283 e. The van der Waals surface area contributed by atoms with Crippen LogP contribution in [-0.2, 0) is 4.57 Å². The summed E-state index contributed by atoms with van der Waals surface area (Å²) in [4.78, 5) is 0. The third kappa shape index (κ3) is 3.80. The highest BCUT2D eigenvalue weighted by Crippen LogP contribution is 2.48. The summed E-state index contributed by atoms with van der Waals surface area (Å²) >= 11 is 0. The lowest BCUT2D eigenvalue weighted by molar-refractivity contribution is 0.403. The van der Waals surface area contributed by atoms with Gasteiger partial charge in [0.1, 0.15) is 0 Å². The highest BCUT2D eigenvalue weighted by Gasteiger charge is 2.32. The van der Waals surface area contributed by atoms with Crippen LogP contribution in [-0.4, -0.2) is 37.5 Å². The summed E-state index contributed by atoms with van der Waals surface area (Å²) in [5.74, 6) is 0.172. The molecule has 0 aliphatic heterocycles. The van der Waals surface area contributed by atoms with Gasteiger partial charge in [0.15, 0.2) is 0 Å². The third-order valence-corrected chi connectivity index (χ3v) is 6.23. The van der Waals surface area contributed by atoms with Crippen molar-refractivity contribution in [2.45, 2.75) is 13.0 Å². The van der Waals surface area contributed by atoms with Crippen LogP contribution in [0.15, 0.2) is 43.0 Å². The Balaban J connectivity index is 3.14.